The van der Waals surface area contributed by atoms with Crippen molar-refractivity contribution >= 4 is 5.97 Å². The zero-order chi connectivity index (χ0) is 17.6. The molecule has 2 nitrogen and oxygen atoms in total. The van der Waals surface area contributed by atoms with E-state index >= 15 is 0 Å². The number of unbranched alkanes of at least 4 members (excludes halogenated alkanes) is 11. The summed E-state index contributed by atoms with van der Waals surface area (Å²) in [4.78, 5) is 10.8. The molecular formula is C21H40O2. The molecule has 0 radical (unpaired) electrons. The molecule has 2 heteroatoms. The summed E-state index contributed by atoms with van der Waals surface area (Å²) in [6.07, 6.45) is 18.8. The van der Waals surface area contributed by atoms with Crippen molar-refractivity contribution in [1.29, 1.82) is 0 Å². The normalized spacial score (nSPS) is 12.6. The highest BCUT2D eigenvalue weighted by atomic mass is 16.4. The third-order valence-electron chi connectivity index (χ3n) is 5.06. The van der Waals surface area contributed by atoms with Crippen LogP contribution in [0.3, 0.4) is 0 Å². The Morgan fingerprint density at radius 3 is 1.61 bits per heavy atom. The van der Waals surface area contributed by atoms with Gasteiger partial charge in [-0.15, -0.1) is 0 Å². The monoisotopic (exact) mass is 324 g/mol. The number of carboxylic acid groups (broad SMARTS) is 1. The van der Waals surface area contributed by atoms with E-state index in [1.165, 1.54) is 83.1 Å². The predicted molar refractivity (Wildman–Crippen MR) is 101 cm³/mol. The molecule has 0 aromatic carbocycles. The minimum atomic E-state index is -0.828. The van der Waals surface area contributed by atoms with Crippen LogP contribution >= 0.6 is 0 Å². The zero-order valence-electron chi connectivity index (χ0n) is 16.1. The van der Waals surface area contributed by atoms with Crippen LogP contribution in [0.4, 0.5) is 0 Å². The first-order chi connectivity index (χ1) is 10.9. The SMILES string of the molecule is CCCCCCCCCCCCCCC(C)(C)/C(C)=C/C(=O)O. The van der Waals surface area contributed by atoms with Crippen LogP contribution in [0.25, 0.3) is 0 Å². The van der Waals surface area contributed by atoms with Crippen molar-refractivity contribution < 1.29 is 9.90 Å². The van der Waals surface area contributed by atoms with E-state index in [1.807, 2.05) is 6.92 Å². The van der Waals surface area contributed by atoms with Crippen LogP contribution in [0.15, 0.2) is 11.6 Å². The maximum absolute atomic E-state index is 10.8. The van der Waals surface area contributed by atoms with Crippen molar-refractivity contribution in [3.8, 4) is 0 Å². The van der Waals surface area contributed by atoms with Gasteiger partial charge in [0.15, 0.2) is 0 Å². The standard InChI is InChI=1S/C21H40O2/c1-5-6-7-8-9-10-11-12-13-14-15-16-17-21(3,4)19(2)18-20(22)23/h18H,5-17H2,1-4H3,(H,22,23)/b19-18+. The number of allylic oxidation sites excluding steroid dienone is 1. The second-order valence-electron chi connectivity index (χ2n) is 7.69. The Labute approximate surface area is 144 Å². The lowest BCUT2D eigenvalue weighted by Gasteiger charge is -2.25. The molecule has 0 aromatic heterocycles. The molecule has 0 spiro atoms. The third kappa shape index (κ3) is 13.4. The molecule has 23 heavy (non-hydrogen) atoms. The van der Waals surface area contributed by atoms with E-state index in [4.69, 9.17) is 5.11 Å². The van der Waals surface area contributed by atoms with Crippen LogP contribution < -0.4 is 0 Å². The molecule has 0 aliphatic heterocycles. The fourth-order valence-electron chi connectivity index (χ4n) is 2.99. The van der Waals surface area contributed by atoms with Crippen molar-refractivity contribution in [2.24, 2.45) is 5.41 Å². The maximum Gasteiger partial charge on any atom is 0.328 e. The van der Waals surface area contributed by atoms with E-state index in [-0.39, 0.29) is 5.41 Å². The Hall–Kier alpha value is -0.790. The van der Waals surface area contributed by atoms with Crippen LogP contribution in [0.2, 0.25) is 0 Å². The molecule has 0 heterocycles. The Morgan fingerprint density at radius 1 is 0.826 bits per heavy atom. The summed E-state index contributed by atoms with van der Waals surface area (Å²) in [5.74, 6) is -0.828. The van der Waals surface area contributed by atoms with Gasteiger partial charge >= 0.3 is 5.97 Å². The van der Waals surface area contributed by atoms with Crippen molar-refractivity contribution in [1.82, 2.24) is 0 Å². The molecule has 0 aliphatic rings. The maximum atomic E-state index is 10.8. The molecule has 0 amide bonds. The highest BCUT2D eigenvalue weighted by Gasteiger charge is 2.20. The van der Waals surface area contributed by atoms with Crippen molar-refractivity contribution in [3.63, 3.8) is 0 Å². The third-order valence-corrected chi connectivity index (χ3v) is 5.06. The summed E-state index contributed by atoms with van der Waals surface area (Å²) >= 11 is 0. The smallest absolute Gasteiger partial charge is 0.328 e. The van der Waals surface area contributed by atoms with Crippen molar-refractivity contribution in [3.05, 3.63) is 11.6 Å². The predicted octanol–water partition coefficient (Wildman–Crippen LogP) is 7.13. The lowest BCUT2D eigenvalue weighted by atomic mass is 9.80. The van der Waals surface area contributed by atoms with E-state index in [0.717, 1.165) is 12.0 Å². The topological polar surface area (TPSA) is 37.3 Å². The van der Waals surface area contributed by atoms with Gasteiger partial charge in [0.25, 0.3) is 0 Å². The number of carboxylic acids is 1. The Balaban J connectivity index is 3.50. The summed E-state index contributed by atoms with van der Waals surface area (Å²) in [5.41, 5.74) is 0.990. The van der Waals surface area contributed by atoms with Crippen LogP contribution in [0.1, 0.15) is 111 Å². The first-order valence-corrected chi connectivity index (χ1v) is 9.82. The lowest BCUT2D eigenvalue weighted by molar-refractivity contribution is -0.131. The van der Waals surface area contributed by atoms with Gasteiger partial charge in [-0.1, -0.05) is 103 Å². The van der Waals surface area contributed by atoms with Gasteiger partial charge in [-0.2, -0.15) is 0 Å². The molecular weight excluding hydrogens is 284 g/mol. The molecule has 0 rings (SSSR count). The van der Waals surface area contributed by atoms with Crippen LogP contribution in [-0.4, -0.2) is 11.1 Å². The summed E-state index contributed by atoms with van der Waals surface area (Å²) in [6.45, 7) is 8.51. The minimum absolute atomic E-state index is 0.0108. The van der Waals surface area contributed by atoms with Gasteiger partial charge in [0.1, 0.15) is 0 Å². The first kappa shape index (κ1) is 22.2. The molecule has 0 atom stereocenters. The van der Waals surface area contributed by atoms with Crippen LogP contribution in [-0.2, 0) is 4.79 Å². The van der Waals surface area contributed by atoms with Gasteiger partial charge < -0.3 is 5.11 Å². The number of rotatable bonds is 15. The molecule has 0 aromatic rings. The second-order valence-corrected chi connectivity index (χ2v) is 7.69. The molecule has 0 saturated carbocycles. The van der Waals surface area contributed by atoms with Gasteiger partial charge in [-0.05, 0) is 18.8 Å². The van der Waals surface area contributed by atoms with E-state index in [2.05, 4.69) is 20.8 Å². The zero-order valence-corrected chi connectivity index (χ0v) is 16.1. The second kappa shape index (κ2) is 13.6. The summed E-state index contributed by atoms with van der Waals surface area (Å²) in [5, 5.41) is 8.84. The lowest BCUT2D eigenvalue weighted by Crippen LogP contribution is -2.14. The van der Waals surface area contributed by atoms with Crippen LogP contribution in [0.5, 0.6) is 0 Å². The quantitative estimate of drug-likeness (QED) is 0.257. The molecule has 136 valence electrons. The number of hydrogen-bond donors (Lipinski definition) is 1. The van der Waals surface area contributed by atoms with Crippen molar-refractivity contribution in [2.45, 2.75) is 111 Å². The Morgan fingerprint density at radius 2 is 1.22 bits per heavy atom. The van der Waals surface area contributed by atoms with E-state index in [9.17, 15) is 4.79 Å². The highest BCUT2D eigenvalue weighted by Crippen LogP contribution is 2.32. The first-order valence-electron chi connectivity index (χ1n) is 9.82. The summed E-state index contributed by atoms with van der Waals surface area (Å²) in [6, 6.07) is 0. The van der Waals surface area contributed by atoms with E-state index < -0.39 is 5.97 Å². The number of aliphatic carboxylic acids is 1. The fraction of sp³-hybridized carbons (Fsp3) is 0.857. The van der Waals surface area contributed by atoms with Gasteiger partial charge in [0, 0.05) is 6.08 Å². The Kier molecular flexibility index (Phi) is 13.2. The van der Waals surface area contributed by atoms with Crippen molar-refractivity contribution in [2.75, 3.05) is 0 Å². The molecule has 1 N–H and O–H groups in total. The molecule has 0 fully saturated rings. The minimum Gasteiger partial charge on any atom is -0.478 e. The molecule has 0 aliphatic carbocycles. The average Bonchev–Trinajstić information content (AvgIpc) is 2.47. The summed E-state index contributed by atoms with van der Waals surface area (Å²) < 4.78 is 0. The molecule has 0 unspecified atom stereocenters. The summed E-state index contributed by atoms with van der Waals surface area (Å²) in [7, 11) is 0. The van der Waals surface area contributed by atoms with Gasteiger partial charge in [0.2, 0.25) is 0 Å². The number of hydrogen-bond acceptors (Lipinski definition) is 1. The Bertz CT molecular complexity index is 329. The van der Waals surface area contributed by atoms with Gasteiger partial charge in [0.05, 0.1) is 0 Å². The van der Waals surface area contributed by atoms with Crippen LogP contribution in [0, 0.1) is 5.41 Å². The van der Waals surface area contributed by atoms with Gasteiger partial charge in [-0.25, -0.2) is 4.79 Å². The van der Waals surface area contributed by atoms with Gasteiger partial charge in [-0.3, -0.25) is 0 Å². The van der Waals surface area contributed by atoms with E-state index in [1.54, 1.807) is 0 Å². The number of carbonyl (C=O) groups is 1. The molecule has 0 bridgehead atoms. The largest absolute Gasteiger partial charge is 0.478 e. The molecule has 0 saturated heterocycles. The average molecular weight is 325 g/mol. The highest BCUT2D eigenvalue weighted by molar-refractivity contribution is 5.80. The fourth-order valence-corrected chi connectivity index (χ4v) is 2.99. The van der Waals surface area contributed by atoms with E-state index in [0.29, 0.717) is 0 Å².